The Balaban J connectivity index is 1.89. The van der Waals surface area contributed by atoms with Crippen molar-refractivity contribution in [1.82, 2.24) is 14.7 Å². The Kier molecular flexibility index (Phi) is 3.86. The number of carbonyl (C=O) groups excluding carboxylic acids is 4. The van der Waals surface area contributed by atoms with Gasteiger partial charge < -0.3 is 9.80 Å². The van der Waals surface area contributed by atoms with Gasteiger partial charge in [-0.05, 0) is 30.7 Å². The first-order chi connectivity index (χ1) is 12.8. The zero-order chi connectivity index (χ0) is 19.7. The summed E-state index contributed by atoms with van der Waals surface area (Å²) in [6.07, 6.45) is 0.264. The summed E-state index contributed by atoms with van der Waals surface area (Å²) >= 11 is 5.92. The number of rotatable bonds is 2. The van der Waals surface area contributed by atoms with E-state index in [2.05, 4.69) is 0 Å². The second kappa shape index (κ2) is 5.79. The van der Waals surface area contributed by atoms with Crippen LogP contribution >= 0.6 is 11.6 Å². The fourth-order valence-corrected chi connectivity index (χ4v) is 5.19. The summed E-state index contributed by atoms with van der Waals surface area (Å²) in [7, 11) is 3.10. The molecule has 0 aliphatic carbocycles. The highest BCUT2D eigenvalue weighted by molar-refractivity contribution is 6.30. The van der Waals surface area contributed by atoms with Gasteiger partial charge >= 0.3 is 0 Å². The topological polar surface area (TPSA) is 78.0 Å². The Labute approximate surface area is 161 Å². The average molecular weight is 390 g/mol. The van der Waals surface area contributed by atoms with Gasteiger partial charge in [0.25, 0.3) is 5.91 Å². The molecule has 4 rings (SSSR count). The summed E-state index contributed by atoms with van der Waals surface area (Å²) in [4.78, 5) is 56.5. The molecule has 4 amide bonds. The van der Waals surface area contributed by atoms with Crippen molar-refractivity contribution in [3.63, 3.8) is 0 Å². The summed E-state index contributed by atoms with van der Waals surface area (Å²) in [5.74, 6) is -2.86. The van der Waals surface area contributed by atoms with Crippen LogP contribution < -0.4 is 0 Å². The summed E-state index contributed by atoms with van der Waals surface area (Å²) < 4.78 is 0. The van der Waals surface area contributed by atoms with Gasteiger partial charge in [0.2, 0.25) is 17.7 Å². The molecule has 27 heavy (non-hydrogen) atoms. The largest absolute Gasteiger partial charge is 0.342 e. The second-order valence-corrected chi connectivity index (χ2v) is 7.89. The van der Waals surface area contributed by atoms with Gasteiger partial charge in [-0.1, -0.05) is 18.5 Å². The van der Waals surface area contributed by atoms with Gasteiger partial charge in [0.05, 0.1) is 17.9 Å². The molecule has 0 aromatic heterocycles. The van der Waals surface area contributed by atoms with Crippen LogP contribution in [0.4, 0.5) is 0 Å². The minimum absolute atomic E-state index is 0.230. The van der Waals surface area contributed by atoms with Gasteiger partial charge in [0, 0.05) is 31.2 Å². The Hall–Kier alpha value is -2.41. The number of nitrogens with zero attached hydrogens (tertiary/aromatic N) is 3. The molecule has 8 heteroatoms. The molecular weight excluding hydrogens is 370 g/mol. The fraction of sp³-hybridized carbons (Fsp3) is 0.474. The van der Waals surface area contributed by atoms with Crippen LogP contribution in [0, 0.1) is 11.8 Å². The van der Waals surface area contributed by atoms with Gasteiger partial charge in [-0.25, -0.2) is 0 Å². The number of piperazine rings is 1. The second-order valence-electron chi connectivity index (χ2n) is 7.45. The first kappa shape index (κ1) is 18.0. The SMILES string of the molecule is CC[C@]12C(=O)N(C)CC(C3C(=O)N(C)C(=O)C31)N2C(=O)c1ccc(Cl)cc1. The Morgan fingerprint density at radius 1 is 1.15 bits per heavy atom. The number of hydrogen-bond acceptors (Lipinski definition) is 4. The van der Waals surface area contributed by atoms with Crippen LogP contribution in [0.3, 0.4) is 0 Å². The van der Waals surface area contributed by atoms with Crippen molar-refractivity contribution in [2.24, 2.45) is 11.8 Å². The van der Waals surface area contributed by atoms with Crippen LogP contribution in [0.15, 0.2) is 24.3 Å². The number of likely N-dealkylation sites (N-methyl/N-ethyl adjacent to an activating group) is 1. The lowest BCUT2D eigenvalue weighted by molar-refractivity contribution is -0.155. The smallest absolute Gasteiger partial charge is 0.255 e. The predicted octanol–water partition coefficient (Wildman–Crippen LogP) is 1.02. The van der Waals surface area contributed by atoms with Gasteiger partial charge in [0.15, 0.2) is 0 Å². The molecule has 0 N–H and O–H groups in total. The molecule has 1 aromatic carbocycles. The lowest BCUT2D eigenvalue weighted by Crippen LogP contribution is -2.68. The molecule has 3 saturated heterocycles. The third kappa shape index (κ3) is 2.09. The van der Waals surface area contributed by atoms with Crippen molar-refractivity contribution in [3.8, 4) is 0 Å². The van der Waals surface area contributed by atoms with Gasteiger partial charge in [-0.2, -0.15) is 0 Å². The van der Waals surface area contributed by atoms with E-state index >= 15 is 0 Å². The molecule has 7 nitrogen and oxygen atoms in total. The van der Waals surface area contributed by atoms with Crippen molar-refractivity contribution >= 4 is 35.2 Å². The Bertz CT molecular complexity index is 870. The van der Waals surface area contributed by atoms with E-state index in [1.54, 1.807) is 43.1 Å². The first-order valence-corrected chi connectivity index (χ1v) is 9.29. The monoisotopic (exact) mass is 389 g/mol. The quantitative estimate of drug-likeness (QED) is 0.707. The Morgan fingerprint density at radius 3 is 2.37 bits per heavy atom. The fourth-order valence-electron chi connectivity index (χ4n) is 5.06. The molecule has 4 atom stereocenters. The molecule has 3 aliphatic rings. The molecule has 0 radical (unpaired) electrons. The number of amides is 4. The van der Waals surface area contributed by atoms with Crippen molar-refractivity contribution < 1.29 is 19.2 Å². The van der Waals surface area contributed by atoms with Crippen molar-refractivity contribution in [2.75, 3.05) is 20.6 Å². The highest BCUT2D eigenvalue weighted by atomic mass is 35.5. The van der Waals surface area contributed by atoms with Crippen molar-refractivity contribution in [1.29, 1.82) is 0 Å². The molecular formula is C19H20ClN3O4. The summed E-state index contributed by atoms with van der Waals surface area (Å²) in [5.41, 5.74) is -0.955. The average Bonchev–Trinajstić information content (AvgIpc) is 3.03. The standard InChI is InChI=1S/C19H20ClN3O4/c1-4-19-14-13(16(25)22(3)17(14)26)12(9-21(2)18(19)27)23(19)15(24)10-5-7-11(20)8-6-10/h5-8,12-14H,4,9H2,1-3H3/t12?,13?,14?,19-/m1/s1. The lowest BCUT2D eigenvalue weighted by Gasteiger charge is -2.48. The highest BCUT2D eigenvalue weighted by Gasteiger charge is 2.74. The maximum atomic E-state index is 13.4. The zero-order valence-electron chi connectivity index (χ0n) is 15.3. The van der Waals surface area contributed by atoms with Crippen molar-refractivity contribution in [3.05, 3.63) is 34.9 Å². The summed E-state index contributed by atoms with van der Waals surface area (Å²) in [6.45, 7) is 2.02. The van der Waals surface area contributed by atoms with E-state index in [9.17, 15) is 19.2 Å². The number of benzene rings is 1. The third-order valence-electron chi connectivity index (χ3n) is 6.29. The van der Waals surface area contributed by atoms with Crippen LogP contribution in [-0.2, 0) is 14.4 Å². The minimum Gasteiger partial charge on any atom is -0.342 e. The number of fused-ring (bicyclic) bond motifs is 5. The van der Waals surface area contributed by atoms with E-state index in [0.717, 1.165) is 4.90 Å². The van der Waals surface area contributed by atoms with E-state index in [4.69, 9.17) is 11.6 Å². The normalized spacial score (nSPS) is 32.4. The van der Waals surface area contributed by atoms with E-state index < -0.39 is 23.4 Å². The summed E-state index contributed by atoms with van der Waals surface area (Å²) in [6, 6.07) is 5.89. The van der Waals surface area contributed by atoms with Crippen LogP contribution in [0.25, 0.3) is 0 Å². The molecule has 142 valence electrons. The molecule has 1 aromatic rings. The van der Waals surface area contributed by atoms with Crippen molar-refractivity contribution in [2.45, 2.75) is 24.9 Å². The maximum absolute atomic E-state index is 13.4. The minimum atomic E-state index is -1.34. The number of carbonyl (C=O) groups is 4. The zero-order valence-corrected chi connectivity index (χ0v) is 16.1. The van der Waals surface area contributed by atoms with E-state index in [1.165, 1.54) is 11.9 Å². The predicted molar refractivity (Wildman–Crippen MR) is 96.8 cm³/mol. The van der Waals surface area contributed by atoms with Crippen LogP contribution in [0.5, 0.6) is 0 Å². The molecule has 0 saturated carbocycles. The molecule has 2 bridgehead atoms. The van der Waals surface area contributed by atoms with E-state index in [-0.39, 0.29) is 36.6 Å². The highest BCUT2D eigenvalue weighted by Crippen LogP contribution is 2.53. The number of halogens is 1. The molecule has 3 aliphatic heterocycles. The molecule has 3 fully saturated rings. The van der Waals surface area contributed by atoms with Crippen LogP contribution in [0.2, 0.25) is 5.02 Å². The van der Waals surface area contributed by atoms with Gasteiger partial charge in [0.1, 0.15) is 5.54 Å². The number of likely N-dealkylation sites (tertiary alicyclic amines) is 2. The van der Waals surface area contributed by atoms with Crippen LogP contribution in [0.1, 0.15) is 23.7 Å². The summed E-state index contributed by atoms with van der Waals surface area (Å²) in [5, 5.41) is 0.498. The third-order valence-corrected chi connectivity index (χ3v) is 6.54. The van der Waals surface area contributed by atoms with E-state index in [0.29, 0.717) is 10.6 Å². The van der Waals surface area contributed by atoms with Gasteiger partial charge in [-0.3, -0.25) is 24.1 Å². The van der Waals surface area contributed by atoms with Gasteiger partial charge in [-0.15, -0.1) is 0 Å². The number of hydrogen-bond donors (Lipinski definition) is 0. The van der Waals surface area contributed by atoms with Crippen LogP contribution in [-0.4, -0.2) is 70.5 Å². The lowest BCUT2D eigenvalue weighted by atomic mass is 9.78. The molecule has 3 heterocycles. The molecule has 0 spiro atoms. The van der Waals surface area contributed by atoms with E-state index in [1.807, 2.05) is 0 Å². The first-order valence-electron chi connectivity index (χ1n) is 8.92. The number of imide groups is 1. The Morgan fingerprint density at radius 2 is 1.78 bits per heavy atom. The molecule has 3 unspecified atom stereocenters. The maximum Gasteiger partial charge on any atom is 0.255 e.